The molecule has 1 unspecified atom stereocenters. The maximum atomic E-state index is 3.60. The summed E-state index contributed by atoms with van der Waals surface area (Å²) in [6.07, 6.45) is 0.991. The fourth-order valence-corrected chi connectivity index (χ4v) is 3.25. The first-order valence-electron chi connectivity index (χ1n) is 6.84. The molecule has 106 valence electrons. The van der Waals surface area contributed by atoms with Crippen LogP contribution >= 0.6 is 31.9 Å². The molecule has 0 aliphatic rings. The van der Waals surface area contributed by atoms with Gasteiger partial charge in [0.25, 0.3) is 0 Å². The highest BCUT2D eigenvalue weighted by Gasteiger charge is 2.14. The number of benzene rings is 2. The van der Waals surface area contributed by atoms with Gasteiger partial charge in [-0.1, -0.05) is 57.0 Å². The zero-order chi connectivity index (χ0) is 14.5. The van der Waals surface area contributed by atoms with Crippen molar-refractivity contribution in [2.45, 2.75) is 26.3 Å². The third-order valence-corrected chi connectivity index (χ3v) is 4.38. The van der Waals surface area contributed by atoms with Crippen molar-refractivity contribution < 1.29 is 0 Å². The second kappa shape index (κ2) is 7.39. The summed E-state index contributed by atoms with van der Waals surface area (Å²) in [5, 5.41) is 3.60. The summed E-state index contributed by atoms with van der Waals surface area (Å²) in [6.45, 7) is 5.29. The molecule has 0 bridgehead atoms. The van der Waals surface area contributed by atoms with Gasteiger partial charge in [-0.3, -0.25) is 0 Å². The van der Waals surface area contributed by atoms with Crippen LogP contribution in [0.15, 0.2) is 51.4 Å². The second-order valence-electron chi connectivity index (χ2n) is 4.95. The summed E-state index contributed by atoms with van der Waals surface area (Å²) < 4.78 is 2.27. The summed E-state index contributed by atoms with van der Waals surface area (Å²) >= 11 is 7.12. The van der Waals surface area contributed by atoms with E-state index in [4.69, 9.17) is 0 Å². The van der Waals surface area contributed by atoms with Crippen LogP contribution in [0.3, 0.4) is 0 Å². The second-order valence-corrected chi connectivity index (χ2v) is 6.78. The van der Waals surface area contributed by atoms with Gasteiger partial charge >= 0.3 is 0 Å². The van der Waals surface area contributed by atoms with Gasteiger partial charge in [-0.15, -0.1) is 0 Å². The summed E-state index contributed by atoms with van der Waals surface area (Å²) in [6, 6.07) is 15.4. The number of aryl methyl sites for hydroxylation is 1. The van der Waals surface area contributed by atoms with Crippen LogP contribution in [0.25, 0.3) is 0 Å². The highest BCUT2D eigenvalue weighted by Crippen LogP contribution is 2.26. The molecule has 20 heavy (non-hydrogen) atoms. The Kier molecular flexibility index (Phi) is 5.82. The Morgan fingerprint density at radius 1 is 1.05 bits per heavy atom. The van der Waals surface area contributed by atoms with E-state index in [2.05, 4.69) is 93.5 Å². The number of halogens is 2. The predicted molar refractivity (Wildman–Crippen MR) is 93.1 cm³/mol. The van der Waals surface area contributed by atoms with Crippen molar-refractivity contribution in [2.75, 3.05) is 6.54 Å². The highest BCUT2D eigenvalue weighted by atomic mass is 79.9. The van der Waals surface area contributed by atoms with Crippen LogP contribution in [0.5, 0.6) is 0 Å². The molecule has 0 saturated heterocycles. The number of rotatable bonds is 5. The zero-order valence-electron chi connectivity index (χ0n) is 11.8. The first-order chi connectivity index (χ1) is 9.60. The molecule has 0 aromatic heterocycles. The Morgan fingerprint density at radius 3 is 2.50 bits per heavy atom. The minimum absolute atomic E-state index is 0.340. The van der Waals surface area contributed by atoms with Gasteiger partial charge in [-0.25, -0.2) is 0 Å². The van der Waals surface area contributed by atoms with Gasteiger partial charge in [0, 0.05) is 15.0 Å². The molecule has 2 aromatic rings. The molecule has 0 heterocycles. The van der Waals surface area contributed by atoms with Gasteiger partial charge < -0.3 is 5.32 Å². The topological polar surface area (TPSA) is 12.0 Å². The molecule has 0 radical (unpaired) electrons. The molecule has 1 N–H and O–H groups in total. The fourth-order valence-electron chi connectivity index (χ4n) is 2.42. The van der Waals surface area contributed by atoms with Gasteiger partial charge in [-0.05, 0) is 60.8 Å². The Bertz CT molecular complexity index is 581. The molecule has 1 nitrogen and oxygen atoms in total. The van der Waals surface area contributed by atoms with Gasteiger partial charge in [0.2, 0.25) is 0 Å². The van der Waals surface area contributed by atoms with Crippen molar-refractivity contribution in [3.63, 3.8) is 0 Å². The Morgan fingerprint density at radius 2 is 1.80 bits per heavy atom. The van der Waals surface area contributed by atoms with E-state index in [1.165, 1.54) is 16.7 Å². The molecule has 0 aliphatic carbocycles. The van der Waals surface area contributed by atoms with E-state index < -0.39 is 0 Å². The first kappa shape index (κ1) is 15.7. The van der Waals surface area contributed by atoms with E-state index in [9.17, 15) is 0 Å². The number of hydrogen-bond acceptors (Lipinski definition) is 1. The monoisotopic (exact) mass is 395 g/mol. The van der Waals surface area contributed by atoms with Crippen molar-refractivity contribution in [1.29, 1.82) is 0 Å². The van der Waals surface area contributed by atoms with Crippen molar-refractivity contribution in [3.8, 4) is 0 Å². The van der Waals surface area contributed by atoms with E-state index in [1.54, 1.807) is 0 Å². The SMILES string of the molecule is CCNC(Cc1cccc(Br)c1)c1cc(Br)ccc1C. The molecule has 2 aromatic carbocycles. The normalized spacial score (nSPS) is 12.4. The van der Waals surface area contributed by atoms with Crippen LogP contribution in [0.2, 0.25) is 0 Å². The van der Waals surface area contributed by atoms with Crippen LogP contribution in [0.4, 0.5) is 0 Å². The average Bonchev–Trinajstić information content (AvgIpc) is 2.41. The van der Waals surface area contributed by atoms with E-state index in [1.807, 2.05) is 0 Å². The van der Waals surface area contributed by atoms with Gasteiger partial charge in [0.05, 0.1) is 0 Å². The van der Waals surface area contributed by atoms with Gasteiger partial charge in [0.15, 0.2) is 0 Å². The molecule has 2 rings (SSSR count). The third kappa shape index (κ3) is 4.18. The predicted octanol–water partition coefficient (Wildman–Crippen LogP) is 5.41. The van der Waals surface area contributed by atoms with Crippen LogP contribution < -0.4 is 5.32 Å². The average molecular weight is 397 g/mol. The molecule has 0 fully saturated rings. The lowest BCUT2D eigenvalue weighted by atomic mass is 9.95. The number of likely N-dealkylation sites (N-methyl/N-ethyl adjacent to an activating group) is 1. The summed E-state index contributed by atoms with van der Waals surface area (Å²) in [5.41, 5.74) is 4.03. The largest absolute Gasteiger partial charge is 0.310 e. The van der Waals surface area contributed by atoms with Crippen LogP contribution in [0, 0.1) is 6.92 Å². The lowest BCUT2D eigenvalue weighted by molar-refractivity contribution is 0.547. The highest BCUT2D eigenvalue weighted by molar-refractivity contribution is 9.10. The molecule has 3 heteroatoms. The lowest BCUT2D eigenvalue weighted by Crippen LogP contribution is -2.23. The van der Waals surface area contributed by atoms with Gasteiger partial charge in [-0.2, -0.15) is 0 Å². The number of hydrogen-bond donors (Lipinski definition) is 1. The summed E-state index contributed by atoms with van der Waals surface area (Å²) in [4.78, 5) is 0. The first-order valence-corrected chi connectivity index (χ1v) is 8.42. The van der Waals surface area contributed by atoms with Crippen molar-refractivity contribution in [1.82, 2.24) is 5.32 Å². The number of nitrogens with one attached hydrogen (secondary N) is 1. The molecule has 0 spiro atoms. The van der Waals surface area contributed by atoms with Crippen LogP contribution in [-0.2, 0) is 6.42 Å². The maximum Gasteiger partial charge on any atom is 0.0363 e. The lowest BCUT2D eigenvalue weighted by Gasteiger charge is -2.21. The van der Waals surface area contributed by atoms with Crippen molar-refractivity contribution >= 4 is 31.9 Å². The van der Waals surface area contributed by atoms with Crippen LogP contribution in [-0.4, -0.2) is 6.54 Å². The molecular weight excluding hydrogens is 378 g/mol. The van der Waals surface area contributed by atoms with E-state index >= 15 is 0 Å². The molecule has 0 saturated carbocycles. The molecular formula is C17H19Br2N. The minimum atomic E-state index is 0.340. The minimum Gasteiger partial charge on any atom is -0.310 e. The zero-order valence-corrected chi connectivity index (χ0v) is 15.0. The maximum absolute atomic E-state index is 3.60. The quantitative estimate of drug-likeness (QED) is 0.711. The Hall–Kier alpha value is -0.640. The smallest absolute Gasteiger partial charge is 0.0363 e. The Balaban J connectivity index is 2.29. The van der Waals surface area contributed by atoms with E-state index in [-0.39, 0.29) is 0 Å². The van der Waals surface area contributed by atoms with E-state index in [0.29, 0.717) is 6.04 Å². The van der Waals surface area contributed by atoms with Crippen LogP contribution in [0.1, 0.15) is 29.7 Å². The summed E-state index contributed by atoms with van der Waals surface area (Å²) in [7, 11) is 0. The van der Waals surface area contributed by atoms with Crippen molar-refractivity contribution in [3.05, 3.63) is 68.1 Å². The Labute approximate surface area is 138 Å². The summed E-state index contributed by atoms with van der Waals surface area (Å²) in [5.74, 6) is 0. The molecule has 1 atom stereocenters. The van der Waals surface area contributed by atoms with Crippen molar-refractivity contribution in [2.24, 2.45) is 0 Å². The molecule has 0 aliphatic heterocycles. The fraction of sp³-hybridized carbons (Fsp3) is 0.294. The van der Waals surface area contributed by atoms with Gasteiger partial charge in [0.1, 0.15) is 0 Å². The molecule has 0 amide bonds. The third-order valence-electron chi connectivity index (χ3n) is 3.40. The standard InChI is InChI=1S/C17H19Br2N/c1-3-20-17(10-13-5-4-6-14(18)9-13)16-11-15(19)8-7-12(16)2/h4-9,11,17,20H,3,10H2,1-2H3. The van der Waals surface area contributed by atoms with E-state index in [0.717, 1.165) is 21.9 Å².